The van der Waals surface area contributed by atoms with Gasteiger partial charge in [-0.15, -0.1) is 22.7 Å². The van der Waals surface area contributed by atoms with Crippen LogP contribution in [0.4, 0.5) is 17.1 Å². The van der Waals surface area contributed by atoms with E-state index in [1.165, 1.54) is 84.9 Å². The first kappa shape index (κ1) is 33.5. The van der Waals surface area contributed by atoms with Gasteiger partial charge in [-0.1, -0.05) is 158 Å². The van der Waals surface area contributed by atoms with Gasteiger partial charge in [-0.2, -0.15) is 0 Å². The van der Waals surface area contributed by atoms with Crippen molar-refractivity contribution in [1.82, 2.24) is 0 Å². The fourth-order valence-electron chi connectivity index (χ4n) is 8.32. The van der Waals surface area contributed by atoms with Crippen LogP contribution in [-0.2, 0) is 0 Å². The Bertz CT molecular complexity index is 3160. The lowest BCUT2D eigenvalue weighted by Gasteiger charge is -2.28. The first-order valence-corrected chi connectivity index (χ1v) is 21.0. The van der Waals surface area contributed by atoms with Crippen molar-refractivity contribution in [2.24, 2.45) is 0 Å². The minimum atomic E-state index is 1.12. The van der Waals surface area contributed by atoms with Gasteiger partial charge in [0.05, 0.1) is 5.69 Å². The summed E-state index contributed by atoms with van der Waals surface area (Å²) in [6.45, 7) is 0. The van der Waals surface area contributed by atoms with Gasteiger partial charge in [0.2, 0.25) is 0 Å². The lowest BCUT2D eigenvalue weighted by atomic mass is 9.96. The molecule has 0 N–H and O–H groups in total. The summed E-state index contributed by atoms with van der Waals surface area (Å²) in [4.78, 5) is 2.51. The van der Waals surface area contributed by atoms with Crippen LogP contribution in [0.15, 0.2) is 212 Å². The third-order valence-electron chi connectivity index (χ3n) is 11.0. The molecule has 3 heteroatoms. The maximum atomic E-state index is 2.51. The molecule has 0 fully saturated rings. The molecule has 268 valence electrons. The van der Waals surface area contributed by atoms with E-state index in [9.17, 15) is 0 Å². The number of hydrogen-bond donors (Lipinski definition) is 0. The summed E-state index contributed by atoms with van der Waals surface area (Å²) in [7, 11) is 0. The molecule has 11 rings (SSSR count). The highest BCUT2D eigenvalue weighted by Gasteiger charge is 2.23. The molecule has 0 radical (unpaired) electrons. The van der Waals surface area contributed by atoms with E-state index < -0.39 is 0 Å². The van der Waals surface area contributed by atoms with Gasteiger partial charge >= 0.3 is 0 Å². The first-order valence-electron chi connectivity index (χ1n) is 19.3. The maximum absolute atomic E-state index is 2.51. The van der Waals surface area contributed by atoms with Crippen LogP contribution in [0.3, 0.4) is 0 Å². The Kier molecular flexibility index (Phi) is 8.28. The van der Waals surface area contributed by atoms with Crippen LogP contribution < -0.4 is 4.90 Å². The van der Waals surface area contributed by atoms with Crippen molar-refractivity contribution in [2.45, 2.75) is 0 Å². The van der Waals surface area contributed by atoms with Crippen LogP contribution in [0.2, 0.25) is 0 Å². The molecule has 0 aliphatic heterocycles. The number of rotatable bonds is 7. The quantitative estimate of drug-likeness (QED) is 0.156. The molecule has 0 saturated carbocycles. The summed E-state index contributed by atoms with van der Waals surface area (Å²) < 4.78 is 5.16. The molecule has 2 aromatic heterocycles. The molecule has 0 aliphatic rings. The van der Waals surface area contributed by atoms with Gasteiger partial charge in [0.1, 0.15) is 0 Å². The second kappa shape index (κ2) is 14.1. The summed E-state index contributed by atoms with van der Waals surface area (Å²) in [6, 6.07) is 77.7. The second-order valence-electron chi connectivity index (χ2n) is 14.5. The molecule has 9 aromatic carbocycles. The zero-order valence-corrected chi connectivity index (χ0v) is 32.6. The maximum Gasteiger partial charge on any atom is 0.0555 e. The normalized spacial score (nSPS) is 11.5. The molecule has 2 heterocycles. The van der Waals surface area contributed by atoms with Gasteiger partial charge in [-0.25, -0.2) is 0 Å². The van der Waals surface area contributed by atoms with Crippen molar-refractivity contribution in [3.8, 4) is 44.5 Å². The molecule has 57 heavy (non-hydrogen) atoms. The summed E-state index contributed by atoms with van der Waals surface area (Å²) in [5, 5.41) is 5.09. The van der Waals surface area contributed by atoms with Crippen LogP contribution in [0.25, 0.3) is 84.9 Å². The van der Waals surface area contributed by atoms with E-state index in [2.05, 4.69) is 217 Å². The zero-order valence-electron chi connectivity index (χ0n) is 31.0. The average molecular weight is 762 g/mol. The molecule has 0 aliphatic carbocycles. The first-order chi connectivity index (χ1) is 28.2. The fourth-order valence-corrected chi connectivity index (χ4v) is 10.7. The van der Waals surface area contributed by atoms with Gasteiger partial charge in [-0.3, -0.25) is 0 Å². The van der Waals surface area contributed by atoms with E-state index in [-0.39, 0.29) is 0 Å². The van der Waals surface area contributed by atoms with E-state index in [0.29, 0.717) is 0 Å². The lowest BCUT2D eigenvalue weighted by Crippen LogP contribution is -2.11. The molecule has 1 nitrogen and oxygen atoms in total. The minimum Gasteiger partial charge on any atom is -0.310 e. The zero-order chi connectivity index (χ0) is 37.7. The number of hydrogen-bond acceptors (Lipinski definition) is 3. The Morgan fingerprint density at radius 1 is 0.298 bits per heavy atom. The Morgan fingerprint density at radius 2 is 0.877 bits per heavy atom. The van der Waals surface area contributed by atoms with Crippen molar-refractivity contribution in [2.75, 3.05) is 4.90 Å². The molecule has 0 amide bonds. The molecule has 0 bridgehead atoms. The number of nitrogens with zero attached hydrogens (tertiary/aromatic N) is 1. The van der Waals surface area contributed by atoms with Crippen LogP contribution in [-0.4, -0.2) is 0 Å². The van der Waals surface area contributed by atoms with Crippen molar-refractivity contribution in [3.05, 3.63) is 212 Å². The highest BCUT2D eigenvalue weighted by atomic mass is 32.1. The SMILES string of the molecule is c1ccc(-c2cc(-c3ccccc3)cc(N(c3ccc4sc5cc(-c6ccccc6)ccc5c4c3)c3ccc(-c4ccccc4)c4sc5ccccc5c34)c2)cc1. The van der Waals surface area contributed by atoms with Crippen molar-refractivity contribution in [3.63, 3.8) is 0 Å². The Morgan fingerprint density at radius 3 is 1.54 bits per heavy atom. The highest BCUT2D eigenvalue weighted by Crippen LogP contribution is 2.50. The number of benzene rings is 9. The van der Waals surface area contributed by atoms with Crippen molar-refractivity contribution < 1.29 is 0 Å². The number of anilines is 3. The Labute approximate surface area is 340 Å². The van der Waals surface area contributed by atoms with Gasteiger partial charge in [0.15, 0.2) is 0 Å². The van der Waals surface area contributed by atoms with Gasteiger partial charge in [0, 0.05) is 51.7 Å². The third kappa shape index (κ3) is 6.00. The molecular weight excluding hydrogens is 727 g/mol. The highest BCUT2D eigenvalue weighted by molar-refractivity contribution is 7.26. The summed E-state index contributed by atoms with van der Waals surface area (Å²) >= 11 is 3.76. The molecule has 0 spiro atoms. The largest absolute Gasteiger partial charge is 0.310 e. The third-order valence-corrected chi connectivity index (χ3v) is 13.4. The monoisotopic (exact) mass is 761 g/mol. The van der Waals surface area contributed by atoms with E-state index >= 15 is 0 Å². The van der Waals surface area contributed by atoms with Crippen molar-refractivity contribution in [1.29, 1.82) is 0 Å². The Balaban J connectivity index is 1.20. The predicted octanol–water partition coefficient (Wildman–Crippen LogP) is 16.6. The minimum absolute atomic E-state index is 1.12. The van der Waals surface area contributed by atoms with Crippen molar-refractivity contribution >= 4 is 80.1 Å². The predicted molar refractivity (Wildman–Crippen MR) is 249 cm³/mol. The number of fused-ring (bicyclic) bond motifs is 6. The van der Waals surface area contributed by atoms with Gasteiger partial charge in [-0.05, 0) is 99.1 Å². The molecule has 0 saturated heterocycles. The van der Waals surface area contributed by atoms with E-state index in [1.807, 2.05) is 22.7 Å². The van der Waals surface area contributed by atoms with Gasteiger partial charge in [0.25, 0.3) is 0 Å². The molecular formula is C54H35NS2. The van der Waals surface area contributed by atoms with E-state index in [1.54, 1.807) is 0 Å². The van der Waals surface area contributed by atoms with E-state index in [0.717, 1.165) is 17.1 Å². The van der Waals surface area contributed by atoms with Crippen LogP contribution in [0.5, 0.6) is 0 Å². The van der Waals surface area contributed by atoms with E-state index in [4.69, 9.17) is 0 Å². The average Bonchev–Trinajstić information content (AvgIpc) is 3.86. The van der Waals surface area contributed by atoms with Crippen LogP contribution in [0.1, 0.15) is 0 Å². The Hall–Kier alpha value is -6.78. The number of thiophene rings is 2. The van der Waals surface area contributed by atoms with Gasteiger partial charge < -0.3 is 4.90 Å². The summed E-state index contributed by atoms with van der Waals surface area (Å²) in [5.41, 5.74) is 13.1. The lowest BCUT2D eigenvalue weighted by molar-refractivity contribution is 1.31. The second-order valence-corrected chi connectivity index (χ2v) is 16.6. The molecule has 0 unspecified atom stereocenters. The standard InChI is InChI=1S/C54H35NS2/c1-5-15-36(16-6-1)40-25-27-46-48-35-43(26-30-51(48)56-52(46)34-40)55(44-32-41(37-17-7-2-8-18-37)31-42(33-44)38-19-9-3-10-20-38)49-29-28-45(39-21-11-4-12-22-39)54-53(49)47-23-13-14-24-50(47)57-54/h1-35H. The van der Waals surface area contributed by atoms with Crippen LogP contribution >= 0.6 is 22.7 Å². The molecule has 0 atom stereocenters. The van der Waals surface area contributed by atoms with Crippen LogP contribution in [0, 0.1) is 0 Å². The smallest absolute Gasteiger partial charge is 0.0555 e. The fraction of sp³-hybridized carbons (Fsp3) is 0. The topological polar surface area (TPSA) is 3.24 Å². The molecule has 11 aromatic rings. The summed E-state index contributed by atoms with van der Waals surface area (Å²) in [6.07, 6.45) is 0. The summed E-state index contributed by atoms with van der Waals surface area (Å²) in [5.74, 6) is 0.